The zero-order valence-corrected chi connectivity index (χ0v) is 13.5. The number of aromatic nitrogens is 1. The molecule has 4 rings (SSSR count). The van der Waals surface area contributed by atoms with Gasteiger partial charge < -0.3 is 5.11 Å². The summed E-state index contributed by atoms with van der Waals surface area (Å²) in [6.07, 6.45) is 3.71. The van der Waals surface area contributed by atoms with Crippen molar-refractivity contribution in [3.8, 4) is 10.6 Å². The number of aliphatic hydroxyl groups is 1. The van der Waals surface area contributed by atoms with Gasteiger partial charge in [0.05, 0.1) is 10.6 Å². The van der Waals surface area contributed by atoms with Crippen LogP contribution < -0.4 is 0 Å². The van der Waals surface area contributed by atoms with Crippen LogP contribution in [-0.4, -0.2) is 15.8 Å². The van der Waals surface area contributed by atoms with E-state index in [0.29, 0.717) is 16.8 Å². The van der Waals surface area contributed by atoms with Crippen molar-refractivity contribution in [3.05, 3.63) is 88.4 Å². The maximum Gasteiger partial charge on any atom is 0.132 e. The Labute approximate surface area is 143 Å². The molecule has 0 unspecified atom stereocenters. The van der Waals surface area contributed by atoms with Crippen LogP contribution in [0.25, 0.3) is 22.4 Å². The summed E-state index contributed by atoms with van der Waals surface area (Å²) in [7, 11) is 0. The summed E-state index contributed by atoms with van der Waals surface area (Å²) in [5, 5.41) is 19.9. The van der Waals surface area contributed by atoms with Gasteiger partial charge in [-0.1, -0.05) is 60.7 Å². The van der Waals surface area contributed by atoms with Crippen LogP contribution in [-0.2, 0) is 0 Å². The van der Waals surface area contributed by atoms with Crippen molar-refractivity contribution >= 4 is 28.9 Å². The van der Waals surface area contributed by atoms with Crippen molar-refractivity contribution < 1.29 is 5.11 Å². The summed E-state index contributed by atoms with van der Waals surface area (Å²) in [5.74, 6) is 0.108. The van der Waals surface area contributed by atoms with E-state index in [1.807, 2.05) is 66.7 Å². The number of aliphatic hydroxyl groups excluding tert-OH is 1. The number of rotatable bonds is 2. The quantitative estimate of drug-likeness (QED) is 0.637. The average Bonchev–Trinajstić information content (AvgIpc) is 3.08. The second kappa shape index (κ2) is 5.91. The Bertz CT molecular complexity index is 969. The number of nitrogens with zero attached hydrogens (tertiary/aromatic N) is 1. The molecule has 3 nitrogen and oxygen atoms in total. The fourth-order valence-electron chi connectivity index (χ4n) is 2.65. The summed E-state index contributed by atoms with van der Waals surface area (Å²) >= 11 is 1.56. The Hall–Kier alpha value is -2.98. The van der Waals surface area contributed by atoms with Crippen LogP contribution in [0.2, 0.25) is 0 Å². The van der Waals surface area contributed by atoms with E-state index in [4.69, 9.17) is 5.41 Å². The van der Waals surface area contributed by atoms with Crippen LogP contribution in [0.15, 0.2) is 72.3 Å². The lowest BCUT2D eigenvalue weighted by molar-refractivity contribution is 0.510. The Morgan fingerprint density at radius 1 is 0.917 bits per heavy atom. The summed E-state index contributed by atoms with van der Waals surface area (Å²) in [6, 6.07) is 19.2. The number of allylic oxidation sites excluding steroid dienone is 2. The molecule has 0 radical (unpaired) electrons. The van der Waals surface area contributed by atoms with Crippen LogP contribution in [0, 0.1) is 5.41 Å². The first-order valence-corrected chi connectivity index (χ1v) is 8.38. The van der Waals surface area contributed by atoms with Gasteiger partial charge in [-0.05, 0) is 12.2 Å². The molecular formula is C20H14N2OS. The van der Waals surface area contributed by atoms with Crippen LogP contribution >= 0.6 is 11.3 Å². The van der Waals surface area contributed by atoms with Crippen molar-refractivity contribution in [2.75, 3.05) is 0 Å². The van der Waals surface area contributed by atoms with E-state index in [0.717, 1.165) is 15.4 Å². The van der Waals surface area contributed by atoms with Crippen LogP contribution in [0.1, 0.15) is 16.1 Å². The van der Waals surface area contributed by atoms with Crippen molar-refractivity contribution in [2.45, 2.75) is 0 Å². The number of hydrogen-bond acceptors (Lipinski definition) is 4. The zero-order chi connectivity index (χ0) is 16.5. The summed E-state index contributed by atoms with van der Waals surface area (Å²) in [4.78, 5) is 5.57. The maximum atomic E-state index is 10.5. The average molecular weight is 330 g/mol. The van der Waals surface area contributed by atoms with E-state index in [1.54, 1.807) is 17.4 Å². The third-order valence-corrected chi connectivity index (χ3v) is 4.95. The molecule has 1 aromatic heterocycles. The van der Waals surface area contributed by atoms with Crippen molar-refractivity contribution in [1.29, 1.82) is 5.41 Å². The first-order chi connectivity index (χ1) is 11.7. The van der Waals surface area contributed by atoms with E-state index in [2.05, 4.69) is 4.98 Å². The van der Waals surface area contributed by atoms with Gasteiger partial charge in [0.15, 0.2) is 0 Å². The third-order valence-electron chi connectivity index (χ3n) is 3.88. The standard InChI is InChI=1S/C20H14N2OS/c21-17-15(19(23)13-7-3-1-4-8-13)11-12-16-18(17)22-20(24-16)14-9-5-2-6-10-14/h1-12,21,23H. The highest BCUT2D eigenvalue weighted by Crippen LogP contribution is 2.34. The monoisotopic (exact) mass is 330 g/mol. The minimum atomic E-state index is 0.108. The molecule has 2 N–H and O–H groups in total. The minimum absolute atomic E-state index is 0.108. The molecule has 2 aromatic carbocycles. The van der Waals surface area contributed by atoms with E-state index < -0.39 is 0 Å². The van der Waals surface area contributed by atoms with Gasteiger partial charge in [0, 0.05) is 16.7 Å². The van der Waals surface area contributed by atoms with Crippen molar-refractivity contribution in [3.63, 3.8) is 0 Å². The Kier molecular flexibility index (Phi) is 3.59. The van der Waals surface area contributed by atoms with Gasteiger partial charge in [0.2, 0.25) is 0 Å². The minimum Gasteiger partial charge on any atom is -0.507 e. The molecule has 0 bridgehead atoms. The lowest BCUT2D eigenvalue weighted by Gasteiger charge is -2.12. The van der Waals surface area contributed by atoms with Gasteiger partial charge in [0.1, 0.15) is 16.5 Å². The fourth-order valence-corrected chi connectivity index (χ4v) is 3.63. The lowest BCUT2D eigenvalue weighted by Crippen LogP contribution is -2.09. The van der Waals surface area contributed by atoms with Crippen LogP contribution in [0.4, 0.5) is 0 Å². The van der Waals surface area contributed by atoms with E-state index in [-0.39, 0.29) is 11.5 Å². The topological polar surface area (TPSA) is 57.0 Å². The second-order valence-corrected chi connectivity index (χ2v) is 6.47. The number of hydrogen-bond donors (Lipinski definition) is 2. The highest BCUT2D eigenvalue weighted by atomic mass is 32.1. The first kappa shape index (κ1) is 14.6. The second-order valence-electron chi connectivity index (χ2n) is 5.43. The molecule has 0 amide bonds. The summed E-state index contributed by atoms with van der Waals surface area (Å²) < 4.78 is 0. The molecule has 0 saturated heterocycles. The number of fused-ring (bicyclic) bond motifs is 1. The molecule has 0 aliphatic heterocycles. The van der Waals surface area contributed by atoms with Gasteiger partial charge >= 0.3 is 0 Å². The van der Waals surface area contributed by atoms with Crippen molar-refractivity contribution in [1.82, 2.24) is 4.98 Å². The van der Waals surface area contributed by atoms with E-state index in [1.165, 1.54) is 0 Å². The molecule has 4 heteroatoms. The first-order valence-electron chi connectivity index (χ1n) is 7.56. The number of thiazole rings is 1. The largest absolute Gasteiger partial charge is 0.507 e. The molecule has 116 valence electrons. The third kappa shape index (κ3) is 2.47. The molecule has 1 aliphatic rings. The fraction of sp³-hybridized carbons (Fsp3) is 0. The van der Waals surface area contributed by atoms with Gasteiger partial charge in [-0.15, -0.1) is 11.3 Å². The van der Waals surface area contributed by atoms with Crippen LogP contribution in [0.3, 0.4) is 0 Å². The predicted octanol–water partition coefficient (Wildman–Crippen LogP) is 5.17. The predicted molar refractivity (Wildman–Crippen MR) is 99.4 cm³/mol. The molecular weight excluding hydrogens is 316 g/mol. The maximum absolute atomic E-state index is 10.5. The Morgan fingerprint density at radius 3 is 2.29 bits per heavy atom. The normalized spacial score (nSPS) is 15.2. The van der Waals surface area contributed by atoms with Gasteiger partial charge in [-0.2, -0.15) is 0 Å². The lowest BCUT2D eigenvalue weighted by atomic mass is 9.97. The smallest absolute Gasteiger partial charge is 0.132 e. The molecule has 24 heavy (non-hydrogen) atoms. The van der Waals surface area contributed by atoms with Gasteiger partial charge in [-0.3, -0.25) is 5.41 Å². The highest BCUT2D eigenvalue weighted by molar-refractivity contribution is 7.16. The Balaban J connectivity index is 1.77. The summed E-state index contributed by atoms with van der Waals surface area (Å²) in [5.41, 5.74) is 3.12. The molecule has 1 aliphatic carbocycles. The SMILES string of the molecule is N=C1C(=C(O)c2ccccc2)C=Cc2sc(-c3ccccc3)nc21. The van der Waals surface area contributed by atoms with Crippen LogP contribution in [0.5, 0.6) is 0 Å². The van der Waals surface area contributed by atoms with E-state index >= 15 is 0 Å². The molecule has 3 aromatic rings. The van der Waals surface area contributed by atoms with E-state index in [9.17, 15) is 5.11 Å². The summed E-state index contributed by atoms with van der Waals surface area (Å²) in [6.45, 7) is 0. The molecule has 0 fully saturated rings. The van der Waals surface area contributed by atoms with Gasteiger partial charge in [-0.25, -0.2) is 4.98 Å². The molecule has 1 heterocycles. The highest BCUT2D eigenvalue weighted by Gasteiger charge is 2.23. The van der Waals surface area contributed by atoms with Crippen molar-refractivity contribution in [2.24, 2.45) is 0 Å². The number of nitrogens with one attached hydrogen (secondary N) is 1. The zero-order valence-electron chi connectivity index (χ0n) is 12.7. The molecule has 0 atom stereocenters. The number of benzene rings is 2. The molecule has 0 spiro atoms. The molecule has 0 saturated carbocycles. The Morgan fingerprint density at radius 2 is 1.58 bits per heavy atom. The van der Waals surface area contributed by atoms with Gasteiger partial charge in [0.25, 0.3) is 0 Å².